The highest BCUT2D eigenvalue weighted by Crippen LogP contribution is 2.28. The Balaban J connectivity index is 1.61. The highest BCUT2D eigenvalue weighted by Gasteiger charge is 2.08. The van der Waals surface area contributed by atoms with E-state index < -0.39 is 0 Å². The lowest BCUT2D eigenvalue weighted by atomic mass is 10.0. The zero-order chi connectivity index (χ0) is 20.1. The highest BCUT2D eigenvalue weighted by atomic mass is 35.5. The maximum absolute atomic E-state index is 12.3. The standard InChI is InChI=1S/C24H23ClO3/c1-16(2)18-7-9-19(10-8-18)23(26)14-13-20-11-12-21(28-20)15-27-24-17(3)5-4-6-22(24)25/h4-14,16H,15H2,1-3H3/b14-13+. The molecule has 0 fully saturated rings. The van der Waals surface area contributed by atoms with Crippen molar-refractivity contribution in [3.63, 3.8) is 0 Å². The summed E-state index contributed by atoms with van der Waals surface area (Å²) in [5, 5.41) is 0.570. The summed E-state index contributed by atoms with van der Waals surface area (Å²) in [5.41, 5.74) is 2.84. The van der Waals surface area contributed by atoms with E-state index in [2.05, 4.69) is 13.8 Å². The molecule has 4 heteroatoms. The summed E-state index contributed by atoms with van der Waals surface area (Å²) in [7, 11) is 0. The summed E-state index contributed by atoms with van der Waals surface area (Å²) >= 11 is 6.17. The molecule has 0 saturated heterocycles. The molecule has 3 rings (SSSR count). The van der Waals surface area contributed by atoms with Gasteiger partial charge in [-0.25, -0.2) is 0 Å². The maximum atomic E-state index is 12.3. The van der Waals surface area contributed by atoms with Crippen molar-refractivity contribution in [1.82, 2.24) is 0 Å². The van der Waals surface area contributed by atoms with E-state index in [0.29, 0.717) is 33.8 Å². The third-order valence-electron chi connectivity index (χ3n) is 4.47. The van der Waals surface area contributed by atoms with E-state index in [1.807, 2.05) is 55.5 Å². The summed E-state index contributed by atoms with van der Waals surface area (Å²) in [6.45, 7) is 6.46. The minimum absolute atomic E-state index is 0.0591. The number of allylic oxidation sites excluding steroid dienone is 1. The van der Waals surface area contributed by atoms with E-state index in [9.17, 15) is 4.79 Å². The highest BCUT2D eigenvalue weighted by molar-refractivity contribution is 6.32. The molecule has 3 nitrogen and oxygen atoms in total. The number of hydrogen-bond donors (Lipinski definition) is 0. The molecule has 0 atom stereocenters. The van der Waals surface area contributed by atoms with Gasteiger partial charge in [0.15, 0.2) is 5.78 Å². The summed E-state index contributed by atoms with van der Waals surface area (Å²) in [4.78, 5) is 12.3. The van der Waals surface area contributed by atoms with Gasteiger partial charge < -0.3 is 9.15 Å². The molecule has 28 heavy (non-hydrogen) atoms. The average Bonchev–Trinajstić information content (AvgIpc) is 3.13. The van der Waals surface area contributed by atoms with Crippen LogP contribution in [0.5, 0.6) is 5.75 Å². The molecule has 0 N–H and O–H groups in total. The molecule has 1 aromatic heterocycles. The van der Waals surface area contributed by atoms with E-state index in [1.165, 1.54) is 11.6 Å². The molecule has 0 radical (unpaired) electrons. The predicted octanol–water partition coefficient (Wildman–Crippen LogP) is 6.84. The molecule has 2 aromatic carbocycles. The Hall–Kier alpha value is -2.78. The number of ketones is 1. The van der Waals surface area contributed by atoms with Gasteiger partial charge in [-0.2, -0.15) is 0 Å². The monoisotopic (exact) mass is 394 g/mol. The van der Waals surface area contributed by atoms with Gasteiger partial charge in [-0.1, -0.05) is 61.8 Å². The van der Waals surface area contributed by atoms with Gasteiger partial charge in [-0.3, -0.25) is 4.79 Å². The second kappa shape index (κ2) is 8.94. The quantitative estimate of drug-likeness (QED) is 0.325. The van der Waals surface area contributed by atoms with Crippen LogP contribution >= 0.6 is 11.6 Å². The summed E-state index contributed by atoms with van der Waals surface area (Å²) < 4.78 is 11.5. The minimum atomic E-state index is -0.0591. The van der Waals surface area contributed by atoms with Crippen LogP contribution in [0.3, 0.4) is 0 Å². The third kappa shape index (κ3) is 4.93. The van der Waals surface area contributed by atoms with Crippen molar-refractivity contribution in [2.24, 2.45) is 0 Å². The van der Waals surface area contributed by atoms with Crippen molar-refractivity contribution in [2.45, 2.75) is 33.3 Å². The topological polar surface area (TPSA) is 39.4 Å². The second-order valence-corrected chi connectivity index (χ2v) is 7.36. The van der Waals surface area contributed by atoms with Crippen molar-refractivity contribution < 1.29 is 13.9 Å². The Kier molecular flexibility index (Phi) is 6.37. The first-order valence-electron chi connectivity index (χ1n) is 9.23. The molecule has 3 aromatic rings. The van der Waals surface area contributed by atoms with Crippen molar-refractivity contribution in [3.8, 4) is 5.75 Å². The molecule has 0 aliphatic heterocycles. The minimum Gasteiger partial charge on any atom is -0.484 e. The van der Waals surface area contributed by atoms with Crippen LogP contribution < -0.4 is 4.74 Å². The number of carbonyl (C=O) groups excluding carboxylic acids is 1. The Morgan fingerprint density at radius 2 is 1.86 bits per heavy atom. The van der Waals surface area contributed by atoms with Crippen molar-refractivity contribution in [1.29, 1.82) is 0 Å². The number of carbonyl (C=O) groups is 1. The number of ether oxygens (including phenoxy) is 1. The summed E-state index contributed by atoms with van der Waals surface area (Å²) in [6.07, 6.45) is 3.19. The number of halogens is 1. The van der Waals surface area contributed by atoms with Crippen LogP contribution in [0.2, 0.25) is 5.02 Å². The van der Waals surface area contributed by atoms with Crippen LogP contribution in [-0.4, -0.2) is 5.78 Å². The summed E-state index contributed by atoms with van der Waals surface area (Å²) in [6, 6.07) is 16.9. The van der Waals surface area contributed by atoms with Crippen LogP contribution in [0.4, 0.5) is 0 Å². The van der Waals surface area contributed by atoms with Crippen LogP contribution in [0.15, 0.2) is 65.1 Å². The Morgan fingerprint density at radius 1 is 1.11 bits per heavy atom. The van der Waals surface area contributed by atoms with Crippen LogP contribution in [0.25, 0.3) is 6.08 Å². The molecule has 0 aliphatic carbocycles. The fourth-order valence-electron chi connectivity index (χ4n) is 2.79. The van der Waals surface area contributed by atoms with Gasteiger partial charge >= 0.3 is 0 Å². The van der Waals surface area contributed by atoms with Crippen molar-refractivity contribution in [3.05, 3.63) is 93.9 Å². The largest absolute Gasteiger partial charge is 0.484 e. The normalized spacial score (nSPS) is 11.3. The van der Waals surface area contributed by atoms with Gasteiger partial charge in [-0.05, 0) is 54.3 Å². The van der Waals surface area contributed by atoms with Gasteiger partial charge in [0.25, 0.3) is 0 Å². The van der Waals surface area contributed by atoms with E-state index in [-0.39, 0.29) is 12.4 Å². The number of para-hydroxylation sites is 1. The maximum Gasteiger partial charge on any atom is 0.185 e. The average molecular weight is 395 g/mol. The predicted molar refractivity (Wildman–Crippen MR) is 113 cm³/mol. The second-order valence-electron chi connectivity index (χ2n) is 6.95. The number of rotatable bonds is 7. The van der Waals surface area contributed by atoms with Crippen molar-refractivity contribution >= 4 is 23.5 Å². The van der Waals surface area contributed by atoms with E-state index >= 15 is 0 Å². The first-order chi connectivity index (χ1) is 13.4. The molecule has 1 heterocycles. The molecule has 0 saturated carbocycles. The Labute approximate surface area is 170 Å². The first kappa shape index (κ1) is 20.0. The number of hydrogen-bond acceptors (Lipinski definition) is 3. The van der Waals surface area contributed by atoms with Gasteiger partial charge in [0, 0.05) is 5.56 Å². The summed E-state index contributed by atoms with van der Waals surface area (Å²) in [5.74, 6) is 2.29. The van der Waals surface area contributed by atoms with E-state index in [4.69, 9.17) is 20.8 Å². The first-order valence-corrected chi connectivity index (χ1v) is 9.61. The smallest absolute Gasteiger partial charge is 0.185 e. The molecule has 0 bridgehead atoms. The lowest BCUT2D eigenvalue weighted by Crippen LogP contribution is -1.96. The number of furan rings is 1. The van der Waals surface area contributed by atoms with Gasteiger partial charge in [0.1, 0.15) is 23.9 Å². The molecule has 0 unspecified atom stereocenters. The SMILES string of the molecule is Cc1cccc(Cl)c1OCc1ccc(/C=C/C(=O)c2ccc(C(C)C)cc2)o1. The lowest BCUT2D eigenvalue weighted by molar-refractivity contribution is 0.104. The van der Waals surface area contributed by atoms with Gasteiger partial charge in [-0.15, -0.1) is 0 Å². The zero-order valence-corrected chi connectivity index (χ0v) is 17.0. The fraction of sp³-hybridized carbons (Fsp3) is 0.208. The number of aryl methyl sites for hydroxylation is 1. The van der Waals surface area contributed by atoms with Crippen LogP contribution in [-0.2, 0) is 6.61 Å². The Bertz CT molecular complexity index is 961. The molecular formula is C24H23ClO3. The molecular weight excluding hydrogens is 372 g/mol. The van der Waals surface area contributed by atoms with Crippen LogP contribution in [0.1, 0.15) is 52.8 Å². The van der Waals surface area contributed by atoms with Gasteiger partial charge in [0.2, 0.25) is 0 Å². The van der Waals surface area contributed by atoms with E-state index in [1.54, 1.807) is 12.1 Å². The lowest BCUT2D eigenvalue weighted by Gasteiger charge is -2.09. The Morgan fingerprint density at radius 3 is 2.54 bits per heavy atom. The van der Waals surface area contributed by atoms with Gasteiger partial charge in [0.05, 0.1) is 5.02 Å². The number of benzene rings is 2. The molecule has 144 valence electrons. The van der Waals surface area contributed by atoms with Crippen LogP contribution in [0, 0.1) is 6.92 Å². The molecule has 0 aliphatic rings. The third-order valence-corrected chi connectivity index (χ3v) is 4.76. The fourth-order valence-corrected chi connectivity index (χ4v) is 3.07. The van der Waals surface area contributed by atoms with Crippen molar-refractivity contribution in [2.75, 3.05) is 0 Å². The van der Waals surface area contributed by atoms with E-state index in [0.717, 1.165) is 5.56 Å². The molecule has 0 amide bonds. The molecule has 0 spiro atoms. The zero-order valence-electron chi connectivity index (χ0n) is 16.2.